The number of anilines is 1. The Balaban J connectivity index is 2.37. The van der Waals surface area contributed by atoms with E-state index < -0.39 is 6.04 Å². The van der Waals surface area contributed by atoms with Gasteiger partial charge in [-0.05, 0) is 18.6 Å². The second-order valence-electron chi connectivity index (χ2n) is 3.56. The van der Waals surface area contributed by atoms with Crippen LogP contribution < -0.4 is 11.1 Å². The Morgan fingerprint density at radius 1 is 1.59 bits per heavy atom. The number of nitrogens with one attached hydrogen (secondary N) is 1. The topological polar surface area (TPSA) is 80.9 Å². The Morgan fingerprint density at radius 3 is 3.06 bits per heavy atom. The van der Waals surface area contributed by atoms with Crippen molar-refractivity contribution >= 4 is 46.0 Å². The molecule has 0 aliphatic rings. The maximum absolute atomic E-state index is 11.7. The maximum atomic E-state index is 11.7. The minimum absolute atomic E-state index is 0.269. The fourth-order valence-corrected chi connectivity index (χ4v) is 2.09. The van der Waals surface area contributed by atoms with Crippen molar-refractivity contribution in [3.05, 3.63) is 17.2 Å². The fourth-order valence-electron chi connectivity index (χ4n) is 1.35. The predicted molar refractivity (Wildman–Crippen MR) is 69.3 cm³/mol. The Kier molecular flexibility index (Phi) is 3.56. The highest BCUT2D eigenvalue weighted by Crippen LogP contribution is 2.29. The standard InChI is InChI=1S/C10H11ClN4OS/c1-2-6(12)10(16)13-8-5(11)3-4-7-9(8)15-17-14-7/h3-4,6H,2,12H2,1H3,(H,13,16). The zero-order valence-corrected chi connectivity index (χ0v) is 10.7. The van der Waals surface area contributed by atoms with Gasteiger partial charge in [0.2, 0.25) is 5.91 Å². The van der Waals surface area contributed by atoms with Gasteiger partial charge in [0.15, 0.2) is 0 Å². The lowest BCUT2D eigenvalue weighted by Crippen LogP contribution is -2.34. The number of hydrogen-bond acceptors (Lipinski definition) is 5. The van der Waals surface area contributed by atoms with E-state index in [0.29, 0.717) is 28.2 Å². The van der Waals surface area contributed by atoms with Gasteiger partial charge in [-0.25, -0.2) is 0 Å². The van der Waals surface area contributed by atoms with E-state index in [0.717, 1.165) is 11.7 Å². The lowest BCUT2D eigenvalue weighted by Gasteiger charge is -2.11. The molecule has 90 valence electrons. The minimum Gasteiger partial charge on any atom is -0.322 e. The van der Waals surface area contributed by atoms with Gasteiger partial charge in [-0.2, -0.15) is 8.75 Å². The van der Waals surface area contributed by atoms with Gasteiger partial charge in [0, 0.05) is 0 Å². The van der Waals surface area contributed by atoms with E-state index in [-0.39, 0.29) is 5.91 Å². The fraction of sp³-hybridized carbons (Fsp3) is 0.300. The Hall–Kier alpha value is -1.24. The first-order valence-corrected chi connectivity index (χ1v) is 6.21. The minimum atomic E-state index is -0.548. The summed E-state index contributed by atoms with van der Waals surface area (Å²) in [5.74, 6) is -0.269. The van der Waals surface area contributed by atoms with Crippen molar-refractivity contribution in [3.8, 4) is 0 Å². The summed E-state index contributed by atoms with van der Waals surface area (Å²) < 4.78 is 8.19. The molecule has 0 aliphatic carbocycles. The van der Waals surface area contributed by atoms with Crippen molar-refractivity contribution in [3.63, 3.8) is 0 Å². The van der Waals surface area contributed by atoms with Crippen LogP contribution in [0.3, 0.4) is 0 Å². The summed E-state index contributed by atoms with van der Waals surface area (Å²) >= 11 is 7.11. The molecule has 2 aromatic rings. The zero-order chi connectivity index (χ0) is 12.4. The van der Waals surface area contributed by atoms with Gasteiger partial charge in [-0.3, -0.25) is 4.79 Å². The number of amides is 1. The number of aromatic nitrogens is 2. The smallest absolute Gasteiger partial charge is 0.241 e. The molecule has 0 aliphatic heterocycles. The lowest BCUT2D eigenvalue weighted by atomic mass is 10.2. The van der Waals surface area contributed by atoms with Gasteiger partial charge in [-0.1, -0.05) is 18.5 Å². The van der Waals surface area contributed by atoms with Crippen LogP contribution in [0.4, 0.5) is 5.69 Å². The first-order valence-electron chi connectivity index (χ1n) is 5.10. The van der Waals surface area contributed by atoms with Crippen LogP contribution in [0.2, 0.25) is 5.02 Å². The lowest BCUT2D eigenvalue weighted by molar-refractivity contribution is -0.117. The molecule has 0 fully saturated rings. The van der Waals surface area contributed by atoms with E-state index in [2.05, 4.69) is 14.1 Å². The molecule has 1 atom stereocenters. The normalized spacial score (nSPS) is 12.6. The predicted octanol–water partition coefficient (Wildman–Crippen LogP) is 2.02. The number of nitrogens with zero attached hydrogens (tertiary/aromatic N) is 2. The van der Waals surface area contributed by atoms with E-state index in [1.807, 2.05) is 6.92 Å². The first kappa shape index (κ1) is 12.2. The van der Waals surface area contributed by atoms with Crippen LogP contribution >= 0.6 is 23.3 Å². The first-order chi connectivity index (χ1) is 8.13. The Labute approximate surface area is 107 Å². The molecule has 0 bridgehead atoms. The molecule has 17 heavy (non-hydrogen) atoms. The number of carbonyl (C=O) groups is 1. The molecule has 1 heterocycles. The number of benzene rings is 1. The van der Waals surface area contributed by atoms with Crippen LogP contribution in [-0.2, 0) is 4.79 Å². The van der Waals surface area contributed by atoms with Crippen LogP contribution in [-0.4, -0.2) is 20.7 Å². The second kappa shape index (κ2) is 4.95. The zero-order valence-electron chi connectivity index (χ0n) is 9.11. The van der Waals surface area contributed by atoms with Gasteiger partial charge in [0.25, 0.3) is 0 Å². The molecule has 0 saturated heterocycles. The van der Waals surface area contributed by atoms with E-state index in [4.69, 9.17) is 17.3 Å². The van der Waals surface area contributed by atoms with E-state index in [1.165, 1.54) is 0 Å². The third-order valence-corrected chi connectivity index (χ3v) is 3.26. The molecule has 1 aromatic carbocycles. The third-order valence-electron chi connectivity index (χ3n) is 2.40. The average molecular weight is 271 g/mol. The van der Waals surface area contributed by atoms with Gasteiger partial charge >= 0.3 is 0 Å². The monoisotopic (exact) mass is 270 g/mol. The van der Waals surface area contributed by atoms with Crippen LogP contribution in [0.15, 0.2) is 12.1 Å². The SMILES string of the molecule is CCC(N)C(=O)Nc1c(Cl)ccc2nsnc12. The second-order valence-corrected chi connectivity index (χ2v) is 4.49. The van der Waals surface area contributed by atoms with Crippen molar-refractivity contribution in [2.24, 2.45) is 5.73 Å². The third kappa shape index (κ3) is 2.38. The summed E-state index contributed by atoms with van der Waals surface area (Å²) in [5.41, 5.74) is 7.43. The summed E-state index contributed by atoms with van der Waals surface area (Å²) in [4.78, 5) is 11.7. The van der Waals surface area contributed by atoms with E-state index in [1.54, 1.807) is 12.1 Å². The number of halogens is 1. The van der Waals surface area contributed by atoms with Crippen LogP contribution in [0.25, 0.3) is 11.0 Å². The summed E-state index contributed by atoms with van der Waals surface area (Å²) in [6.45, 7) is 1.84. The number of rotatable bonds is 3. The number of hydrogen-bond donors (Lipinski definition) is 2. The molecular weight excluding hydrogens is 260 g/mol. The summed E-state index contributed by atoms with van der Waals surface area (Å²) in [7, 11) is 0. The van der Waals surface area contributed by atoms with Crippen LogP contribution in [0.1, 0.15) is 13.3 Å². The Morgan fingerprint density at radius 2 is 2.35 bits per heavy atom. The number of carbonyl (C=O) groups excluding carboxylic acids is 1. The van der Waals surface area contributed by atoms with E-state index >= 15 is 0 Å². The molecule has 0 spiro atoms. The van der Waals surface area contributed by atoms with Crippen molar-refractivity contribution in [2.45, 2.75) is 19.4 Å². The molecule has 0 saturated carbocycles. The molecule has 1 aromatic heterocycles. The van der Waals surface area contributed by atoms with Crippen molar-refractivity contribution in [1.29, 1.82) is 0 Å². The molecule has 3 N–H and O–H groups in total. The van der Waals surface area contributed by atoms with Crippen molar-refractivity contribution in [1.82, 2.24) is 8.75 Å². The summed E-state index contributed by atoms with van der Waals surface area (Å²) in [5, 5.41) is 3.13. The van der Waals surface area contributed by atoms with Gasteiger partial charge in [0.05, 0.1) is 28.5 Å². The number of fused-ring (bicyclic) bond motifs is 1. The van der Waals surface area contributed by atoms with E-state index in [9.17, 15) is 4.79 Å². The highest BCUT2D eigenvalue weighted by Gasteiger charge is 2.16. The largest absolute Gasteiger partial charge is 0.322 e. The molecule has 1 amide bonds. The summed E-state index contributed by atoms with van der Waals surface area (Å²) in [6, 6.07) is 2.89. The van der Waals surface area contributed by atoms with Crippen molar-refractivity contribution < 1.29 is 4.79 Å². The van der Waals surface area contributed by atoms with Crippen molar-refractivity contribution in [2.75, 3.05) is 5.32 Å². The summed E-state index contributed by atoms with van der Waals surface area (Å²) in [6.07, 6.45) is 0.564. The molecule has 1 unspecified atom stereocenters. The van der Waals surface area contributed by atoms with Gasteiger partial charge < -0.3 is 11.1 Å². The highest BCUT2D eigenvalue weighted by atomic mass is 35.5. The van der Waals surface area contributed by atoms with Crippen LogP contribution in [0.5, 0.6) is 0 Å². The number of nitrogens with two attached hydrogens (primary N) is 1. The Bertz CT molecular complexity index is 556. The molecule has 2 rings (SSSR count). The molecule has 7 heteroatoms. The van der Waals surface area contributed by atoms with Gasteiger partial charge in [0.1, 0.15) is 11.0 Å². The molecular formula is C10H11ClN4OS. The highest BCUT2D eigenvalue weighted by molar-refractivity contribution is 7.00. The van der Waals surface area contributed by atoms with Crippen LogP contribution in [0, 0.1) is 0 Å². The molecule has 0 radical (unpaired) electrons. The quantitative estimate of drug-likeness (QED) is 0.894. The van der Waals surface area contributed by atoms with Gasteiger partial charge in [-0.15, -0.1) is 0 Å². The molecule has 5 nitrogen and oxygen atoms in total. The average Bonchev–Trinajstić information content (AvgIpc) is 2.80. The maximum Gasteiger partial charge on any atom is 0.241 e.